The second kappa shape index (κ2) is 8.60. The van der Waals surface area contributed by atoms with E-state index in [1.807, 2.05) is 6.07 Å². The number of aromatic nitrogens is 1. The van der Waals surface area contributed by atoms with Gasteiger partial charge in [-0.05, 0) is 50.0 Å². The van der Waals surface area contributed by atoms with Crippen LogP contribution in [0.25, 0.3) is 0 Å². The first-order valence-electron chi connectivity index (χ1n) is 8.98. The summed E-state index contributed by atoms with van der Waals surface area (Å²) in [5.41, 5.74) is -0.717. The first-order valence-corrected chi connectivity index (χ1v) is 11.2. The molecule has 30 heavy (non-hydrogen) atoms. The summed E-state index contributed by atoms with van der Waals surface area (Å²) in [6.07, 6.45) is 4.01. The molecule has 2 N–H and O–H groups in total. The minimum absolute atomic E-state index is 0.0489. The van der Waals surface area contributed by atoms with Gasteiger partial charge in [-0.15, -0.1) is 0 Å². The van der Waals surface area contributed by atoms with E-state index in [9.17, 15) is 23.7 Å². The summed E-state index contributed by atoms with van der Waals surface area (Å²) in [6, 6.07) is 2.52. The van der Waals surface area contributed by atoms with Crippen molar-refractivity contribution in [1.29, 1.82) is 0 Å². The molecule has 2 aliphatic heterocycles. The van der Waals surface area contributed by atoms with E-state index in [1.54, 1.807) is 44.6 Å². The number of ether oxygens (including phenoxy) is 1. The Balaban J connectivity index is 1.78. The lowest BCUT2D eigenvalue weighted by atomic mass is 10.0. The number of alkyl carbamates (subject to hydrolysis) is 1. The van der Waals surface area contributed by atoms with Crippen LogP contribution < -0.4 is 5.32 Å². The van der Waals surface area contributed by atoms with Gasteiger partial charge < -0.3 is 15.2 Å². The monoisotopic (exact) mass is 451 g/mol. The number of fused-ring (bicyclic) bond motifs is 1. The molecule has 160 valence electrons. The van der Waals surface area contributed by atoms with Crippen molar-refractivity contribution in [3.05, 3.63) is 47.3 Å². The highest BCUT2D eigenvalue weighted by atomic mass is 32.2. The van der Waals surface area contributed by atoms with Crippen molar-refractivity contribution in [2.45, 2.75) is 42.7 Å². The number of allylic oxidation sites excluding steroid dienone is 1. The van der Waals surface area contributed by atoms with E-state index in [0.717, 1.165) is 9.80 Å². The Labute approximate surface area is 180 Å². The fourth-order valence-corrected chi connectivity index (χ4v) is 5.29. The van der Waals surface area contributed by atoms with Crippen LogP contribution in [0.2, 0.25) is 0 Å². The highest BCUT2D eigenvalue weighted by molar-refractivity contribution is 8.02. The zero-order valence-electron chi connectivity index (χ0n) is 16.5. The summed E-state index contributed by atoms with van der Waals surface area (Å²) in [5, 5.41) is 12.8. The van der Waals surface area contributed by atoms with Gasteiger partial charge in [0.2, 0.25) is 0 Å². The molecular weight excluding hydrogens is 430 g/mol. The van der Waals surface area contributed by atoms with Crippen molar-refractivity contribution in [1.82, 2.24) is 15.2 Å². The number of carboxylic acids is 1. The molecule has 2 amide bonds. The van der Waals surface area contributed by atoms with Crippen LogP contribution >= 0.6 is 11.8 Å². The van der Waals surface area contributed by atoms with E-state index < -0.39 is 45.8 Å². The number of nitrogens with zero attached hydrogens (tertiary/aromatic N) is 2. The Kier molecular flexibility index (Phi) is 6.32. The first kappa shape index (κ1) is 22.0. The van der Waals surface area contributed by atoms with Crippen LogP contribution in [0, 0.1) is 0 Å². The third kappa shape index (κ3) is 4.73. The average molecular weight is 452 g/mol. The summed E-state index contributed by atoms with van der Waals surface area (Å²) < 4.78 is 17.9. The molecular formula is C19H21N3O6S2. The number of aliphatic carboxylic acids is 1. The fraction of sp³-hybridized carbons (Fsp3) is 0.368. The zero-order chi connectivity index (χ0) is 22.1. The standard InChI is InChI=1S/C19H21N3O6S2/c1-19(2,3)28-18(26)21-13-15(23)22-14(17(24)25)11(10-30(27)16(13)22)6-8-29-12-5-4-7-20-9-12/h4-9,13,16H,10H2,1-3H3,(H,21,26)(H,24,25)/b8-6+/t13?,16-,30?/m1/s1. The number of carbonyl (C=O) groups is 3. The van der Waals surface area contributed by atoms with E-state index in [2.05, 4.69) is 10.3 Å². The third-order valence-electron chi connectivity index (χ3n) is 4.14. The van der Waals surface area contributed by atoms with Crippen LogP contribution in [0.1, 0.15) is 20.8 Å². The molecule has 11 heteroatoms. The molecule has 1 aromatic heterocycles. The topological polar surface area (TPSA) is 126 Å². The van der Waals surface area contributed by atoms with Crippen molar-refractivity contribution in [3.8, 4) is 0 Å². The minimum Gasteiger partial charge on any atom is -0.477 e. The number of rotatable bonds is 5. The maximum absolute atomic E-state index is 12.7. The van der Waals surface area contributed by atoms with Crippen LogP contribution in [0.3, 0.4) is 0 Å². The molecule has 3 heterocycles. The van der Waals surface area contributed by atoms with Gasteiger partial charge in [-0.25, -0.2) is 9.59 Å². The molecule has 1 fully saturated rings. The van der Waals surface area contributed by atoms with Gasteiger partial charge in [0.25, 0.3) is 5.91 Å². The first-order chi connectivity index (χ1) is 14.1. The molecule has 0 spiro atoms. The number of thioether (sulfide) groups is 1. The maximum atomic E-state index is 12.7. The van der Waals surface area contributed by atoms with Crippen LogP contribution in [0.5, 0.6) is 0 Å². The van der Waals surface area contributed by atoms with Gasteiger partial charge in [0, 0.05) is 17.3 Å². The molecule has 9 nitrogen and oxygen atoms in total. The van der Waals surface area contributed by atoms with Gasteiger partial charge in [0.05, 0.1) is 16.6 Å². The Hall–Kier alpha value is -2.66. The summed E-state index contributed by atoms with van der Waals surface area (Å²) >= 11 is 1.32. The highest BCUT2D eigenvalue weighted by Gasteiger charge is 2.57. The molecule has 0 bridgehead atoms. The third-order valence-corrected chi connectivity index (χ3v) is 6.54. The van der Waals surface area contributed by atoms with Gasteiger partial charge in [-0.2, -0.15) is 0 Å². The van der Waals surface area contributed by atoms with E-state index in [1.165, 1.54) is 17.8 Å². The Morgan fingerprint density at radius 1 is 1.43 bits per heavy atom. The second-order valence-electron chi connectivity index (χ2n) is 7.54. The summed E-state index contributed by atoms with van der Waals surface area (Å²) in [5.74, 6) is -1.99. The van der Waals surface area contributed by atoms with Gasteiger partial charge in [0.15, 0.2) is 0 Å². The van der Waals surface area contributed by atoms with Gasteiger partial charge in [0.1, 0.15) is 22.7 Å². The van der Waals surface area contributed by atoms with Crippen LogP contribution in [0.15, 0.2) is 52.2 Å². The number of hydrogen-bond donors (Lipinski definition) is 2. The zero-order valence-corrected chi connectivity index (χ0v) is 18.2. The molecule has 0 radical (unpaired) electrons. The van der Waals surface area contributed by atoms with E-state index in [4.69, 9.17) is 4.74 Å². The van der Waals surface area contributed by atoms with E-state index >= 15 is 0 Å². The van der Waals surface area contributed by atoms with Crippen molar-refractivity contribution in [3.63, 3.8) is 0 Å². The van der Waals surface area contributed by atoms with Crippen LogP contribution in [-0.4, -0.2) is 59.9 Å². The molecule has 2 unspecified atom stereocenters. The normalized spacial score (nSPS) is 23.8. The predicted octanol–water partition coefficient (Wildman–Crippen LogP) is 1.85. The van der Waals surface area contributed by atoms with Crippen molar-refractivity contribution < 1.29 is 28.4 Å². The molecule has 1 saturated heterocycles. The Morgan fingerprint density at radius 2 is 2.17 bits per heavy atom. The van der Waals surface area contributed by atoms with Crippen LogP contribution in [0.4, 0.5) is 4.79 Å². The van der Waals surface area contributed by atoms with Gasteiger partial charge >= 0.3 is 12.1 Å². The fourth-order valence-electron chi connectivity index (χ4n) is 2.98. The highest BCUT2D eigenvalue weighted by Crippen LogP contribution is 2.36. The minimum atomic E-state index is -1.59. The number of nitrogens with one attached hydrogen (secondary N) is 1. The number of hydrogen-bond acceptors (Lipinski definition) is 7. The lowest BCUT2D eigenvalue weighted by Crippen LogP contribution is -2.73. The van der Waals surface area contributed by atoms with E-state index in [0.29, 0.717) is 0 Å². The van der Waals surface area contributed by atoms with Crippen molar-refractivity contribution in [2.24, 2.45) is 0 Å². The number of amides is 2. The van der Waals surface area contributed by atoms with Gasteiger partial charge in [-0.3, -0.25) is 18.9 Å². The van der Waals surface area contributed by atoms with Crippen molar-refractivity contribution >= 4 is 40.5 Å². The summed E-state index contributed by atoms with van der Waals surface area (Å²) in [7, 11) is -1.59. The van der Waals surface area contributed by atoms with Crippen LogP contribution in [-0.2, 0) is 25.1 Å². The molecule has 1 aromatic rings. The maximum Gasteiger partial charge on any atom is 0.408 e. The van der Waals surface area contributed by atoms with Crippen molar-refractivity contribution in [2.75, 3.05) is 5.75 Å². The lowest BCUT2D eigenvalue weighted by molar-refractivity contribution is -0.149. The Morgan fingerprint density at radius 3 is 2.77 bits per heavy atom. The molecule has 3 atom stereocenters. The smallest absolute Gasteiger partial charge is 0.408 e. The SMILES string of the molecule is CC(C)(C)OC(=O)NC1C(=O)N2C(C(=O)O)=C(/C=C/Sc3cccnc3)CS(=O)[C@H]12. The molecule has 3 rings (SSSR count). The summed E-state index contributed by atoms with van der Waals surface area (Å²) in [4.78, 5) is 42.2. The number of carboxylic acid groups (broad SMARTS) is 1. The molecule has 0 aliphatic carbocycles. The Bertz CT molecular complexity index is 955. The molecule has 0 aromatic carbocycles. The van der Waals surface area contributed by atoms with Gasteiger partial charge in [-0.1, -0.05) is 11.8 Å². The number of β-lactam (4-membered cyclic amide) rings is 1. The largest absolute Gasteiger partial charge is 0.477 e. The summed E-state index contributed by atoms with van der Waals surface area (Å²) in [6.45, 7) is 5.02. The quantitative estimate of drug-likeness (QED) is 0.513. The average Bonchev–Trinajstić information content (AvgIpc) is 2.65. The molecule has 2 aliphatic rings. The lowest BCUT2D eigenvalue weighted by Gasteiger charge is -2.48. The van der Waals surface area contributed by atoms with E-state index in [-0.39, 0.29) is 17.0 Å². The molecule has 0 saturated carbocycles. The number of pyridine rings is 1. The second-order valence-corrected chi connectivity index (χ2v) is 10.0. The number of carbonyl (C=O) groups excluding carboxylic acids is 2. The predicted molar refractivity (Wildman–Crippen MR) is 111 cm³/mol.